The van der Waals surface area contributed by atoms with E-state index in [1.54, 1.807) is 0 Å². The maximum atomic E-state index is 12.3. The summed E-state index contributed by atoms with van der Waals surface area (Å²) in [7, 11) is 1.42. The molecular weight excluding hydrogens is 330 g/mol. The first-order valence-corrected chi connectivity index (χ1v) is 10.3. The van der Waals surface area contributed by atoms with Crippen LogP contribution in [0.2, 0.25) is 0 Å². The number of amides is 1. The van der Waals surface area contributed by atoms with Crippen molar-refractivity contribution >= 4 is 11.9 Å². The Hall–Kier alpha value is -1.36. The summed E-state index contributed by atoms with van der Waals surface area (Å²) in [5.74, 6) is 0.0693. The normalized spacial score (nSPS) is 19.1. The third kappa shape index (κ3) is 9.37. The lowest BCUT2D eigenvalue weighted by molar-refractivity contribution is -0.140. The molecule has 1 amide bonds. The minimum Gasteiger partial charge on any atom is -0.469 e. The number of esters is 1. The van der Waals surface area contributed by atoms with Gasteiger partial charge in [0.15, 0.2) is 0 Å². The highest BCUT2D eigenvalue weighted by Crippen LogP contribution is 2.21. The first kappa shape index (κ1) is 22.7. The molecule has 0 saturated carbocycles. The third-order valence-corrected chi connectivity index (χ3v) is 5.03. The lowest BCUT2D eigenvalue weighted by Crippen LogP contribution is -2.43. The number of carbonyl (C=O) groups is 2. The summed E-state index contributed by atoms with van der Waals surface area (Å²) in [5.41, 5.74) is 0. The molecule has 1 aliphatic rings. The first-order chi connectivity index (χ1) is 12.6. The van der Waals surface area contributed by atoms with Gasteiger partial charge in [-0.1, -0.05) is 51.2 Å². The first-order valence-electron chi connectivity index (χ1n) is 10.3. The van der Waals surface area contributed by atoms with Gasteiger partial charge in [-0.3, -0.25) is 9.59 Å². The Bertz CT molecular complexity index is 436. The molecule has 0 aromatic carbocycles. The van der Waals surface area contributed by atoms with Crippen LogP contribution in [0.3, 0.4) is 0 Å². The molecule has 1 aliphatic heterocycles. The molecule has 1 fully saturated rings. The van der Waals surface area contributed by atoms with Gasteiger partial charge in [0.1, 0.15) is 0 Å². The van der Waals surface area contributed by atoms with Crippen molar-refractivity contribution < 1.29 is 19.4 Å². The van der Waals surface area contributed by atoms with Gasteiger partial charge in [-0.25, -0.2) is 0 Å². The van der Waals surface area contributed by atoms with E-state index in [9.17, 15) is 14.7 Å². The molecule has 1 N–H and O–H groups in total. The summed E-state index contributed by atoms with van der Waals surface area (Å²) in [6.07, 6.45) is 14.4. The highest BCUT2D eigenvalue weighted by molar-refractivity contribution is 5.77. The van der Waals surface area contributed by atoms with E-state index in [1.807, 2.05) is 17.1 Å². The number of carbonyl (C=O) groups excluding carboxylic acids is 2. The Morgan fingerprint density at radius 3 is 2.77 bits per heavy atom. The molecular formula is C21H37NO4. The number of rotatable bonds is 13. The predicted molar refractivity (Wildman–Crippen MR) is 104 cm³/mol. The van der Waals surface area contributed by atoms with Crippen LogP contribution in [0.5, 0.6) is 0 Å². The van der Waals surface area contributed by atoms with Crippen LogP contribution in [0.4, 0.5) is 0 Å². The zero-order chi connectivity index (χ0) is 19.2. The highest BCUT2D eigenvalue weighted by atomic mass is 16.5. The molecule has 1 rings (SSSR count). The molecule has 0 aromatic rings. The van der Waals surface area contributed by atoms with E-state index in [-0.39, 0.29) is 17.9 Å². The van der Waals surface area contributed by atoms with Gasteiger partial charge in [0, 0.05) is 19.4 Å². The van der Waals surface area contributed by atoms with E-state index in [1.165, 1.54) is 7.11 Å². The van der Waals surface area contributed by atoms with Crippen LogP contribution in [0, 0.1) is 0 Å². The third-order valence-electron chi connectivity index (χ3n) is 5.03. The lowest BCUT2D eigenvalue weighted by Gasteiger charge is -2.34. The fraction of sp³-hybridized carbons (Fsp3) is 0.810. The fourth-order valence-electron chi connectivity index (χ4n) is 3.40. The highest BCUT2D eigenvalue weighted by Gasteiger charge is 2.25. The van der Waals surface area contributed by atoms with Crippen LogP contribution in [-0.4, -0.2) is 47.7 Å². The molecule has 150 valence electrons. The van der Waals surface area contributed by atoms with E-state index in [2.05, 4.69) is 11.7 Å². The molecule has 5 heteroatoms. The summed E-state index contributed by atoms with van der Waals surface area (Å²) in [4.78, 5) is 25.3. The minimum atomic E-state index is -0.404. The average Bonchev–Trinajstić information content (AvgIpc) is 2.64. The number of piperidine rings is 1. The summed E-state index contributed by atoms with van der Waals surface area (Å²) < 4.78 is 4.64. The summed E-state index contributed by atoms with van der Waals surface area (Å²) in [5, 5.41) is 10.1. The van der Waals surface area contributed by atoms with Gasteiger partial charge in [0.25, 0.3) is 0 Å². The van der Waals surface area contributed by atoms with Crippen molar-refractivity contribution in [3.05, 3.63) is 12.2 Å². The van der Waals surface area contributed by atoms with E-state index < -0.39 is 6.10 Å². The second-order valence-electron chi connectivity index (χ2n) is 7.24. The number of unbranched alkanes of at least 4 members (excludes halogenated alkanes) is 5. The lowest BCUT2D eigenvalue weighted by atomic mass is 9.99. The van der Waals surface area contributed by atoms with Crippen LogP contribution in [0.1, 0.15) is 84.0 Å². The number of hydrogen-bond acceptors (Lipinski definition) is 4. The van der Waals surface area contributed by atoms with Gasteiger partial charge in [0.05, 0.1) is 19.3 Å². The quantitative estimate of drug-likeness (QED) is 0.304. The Morgan fingerprint density at radius 2 is 2.04 bits per heavy atom. The van der Waals surface area contributed by atoms with Crippen molar-refractivity contribution in [2.24, 2.45) is 0 Å². The maximum Gasteiger partial charge on any atom is 0.305 e. The predicted octanol–water partition coefficient (Wildman–Crippen LogP) is 3.99. The number of methoxy groups -OCH3 is 1. The number of hydrogen-bond donors (Lipinski definition) is 1. The number of likely N-dealkylation sites (tertiary alicyclic amines) is 1. The average molecular weight is 368 g/mol. The van der Waals surface area contributed by atoms with E-state index in [4.69, 9.17) is 0 Å². The topological polar surface area (TPSA) is 66.8 Å². The molecule has 0 spiro atoms. The van der Waals surface area contributed by atoms with Crippen LogP contribution < -0.4 is 0 Å². The van der Waals surface area contributed by atoms with Crippen LogP contribution >= 0.6 is 0 Å². The Morgan fingerprint density at radius 1 is 1.27 bits per heavy atom. The maximum absolute atomic E-state index is 12.3. The second kappa shape index (κ2) is 13.8. The van der Waals surface area contributed by atoms with Crippen molar-refractivity contribution in [1.29, 1.82) is 0 Å². The summed E-state index contributed by atoms with van der Waals surface area (Å²) in [6.45, 7) is 2.92. The van der Waals surface area contributed by atoms with Gasteiger partial charge in [0.2, 0.25) is 5.91 Å². The SMILES string of the molecule is CCCCCC(O)/C=C/[C@H]1CCCC(=O)N1CCCCCCC(=O)OC. The standard InChI is InChI=1S/C21H37NO4/c1-3-4-7-12-19(23)16-15-18-11-10-13-20(24)22(18)17-9-6-5-8-14-21(25)26-2/h15-16,18-19,23H,3-14,17H2,1-2H3/b16-15+/t18-,19?/m1/s1. The molecule has 0 aliphatic carbocycles. The van der Waals surface area contributed by atoms with Crippen LogP contribution in [0.25, 0.3) is 0 Å². The van der Waals surface area contributed by atoms with Crippen molar-refractivity contribution in [2.75, 3.05) is 13.7 Å². The van der Waals surface area contributed by atoms with Gasteiger partial charge in [-0.15, -0.1) is 0 Å². The molecule has 0 radical (unpaired) electrons. The van der Waals surface area contributed by atoms with Gasteiger partial charge in [-0.2, -0.15) is 0 Å². The van der Waals surface area contributed by atoms with E-state index >= 15 is 0 Å². The molecule has 1 unspecified atom stereocenters. The van der Waals surface area contributed by atoms with Crippen LogP contribution in [-0.2, 0) is 14.3 Å². The number of aliphatic hydroxyl groups excluding tert-OH is 1. The molecule has 0 bridgehead atoms. The monoisotopic (exact) mass is 367 g/mol. The smallest absolute Gasteiger partial charge is 0.305 e. The van der Waals surface area contributed by atoms with Crippen molar-refractivity contribution in [2.45, 2.75) is 96.1 Å². The molecule has 26 heavy (non-hydrogen) atoms. The molecule has 1 saturated heterocycles. The summed E-state index contributed by atoms with van der Waals surface area (Å²) >= 11 is 0. The molecule has 0 aromatic heterocycles. The second-order valence-corrected chi connectivity index (χ2v) is 7.24. The van der Waals surface area contributed by atoms with Gasteiger partial charge >= 0.3 is 5.97 Å². The molecule has 5 nitrogen and oxygen atoms in total. The van der Waals surface area contributed by atoms with Gasteiger partial charge < -0.3 is 14.7 Å². The minimum absolute atomic E-state index is 0.118. The number of ether oxygens (including phenoxy) is 1. The fourth-order valence-corrected chi connectivity index (χ4v) is 3.40. The van der Waals surface area contributed by atoms with Crippen molar-refractivity contribution in [3.8, 4) is 0 Å². The molecule has 1 heterocycles. The van der Waals surface area contributed by atoms with Crippen LogP contribution in [0.15, 0.2) is 12.2 Å². The van der Waals surface area contributed by atoms with Crippen molar-refractivity contribution in [1.82, 2.24) is 4.90 Å². The number of nitrogens with zero attached hydrogens (tertiary/aromatic N) is 1. The Balaban J connectivity index is 2.34. The molecule has 2 atom stereocenters. The number of aliphatic hydroxyl groups is 1. The van der Waals surface area contributed by atoms with Crippen molar-refractivity contribution in [3.63, 3.8) is 0 Å². The zero-order valence-electron chi connectivity index (χ0n) is 16.6. The van der Waals surface area contributed by atoms with E-state index in [0.29, 0.717) is 12.8 Å². The summed E-state index contributed by atoms with van der Waals surface area (Å²) in [6, 6.07) is 0.118. The Kier molecular flexibility index (Phi) is 12.0. The largest absolute Gasteiger partial charge is 0.469 e. The Labute approximate surface area is 158 Å². The zero-order valence-corrected chi connectivity index (χ0v) is 16.6. The van der Waals surface area contributed by atoms with E-state index in [0.717, 1.165) is 70.8 Å². The van der Waals surface area contributed by atoms with Gasteiger partial charge in [-0.05, 0) is 32.1 Å².